The molecule has 0 aliphatic carbocycles. The molecule has 0 saturated heterocycles. The number of nitrogens with zero attached hydrogens (tertiary/aromatic N) is 2. The molecule has 1 aromatic rings. The number of rotatable bonds is 5. The molecular formula is C15H23IN4. The second kappa shape index (κ2) is 10.5. The summed E-state index contributed by atoms with van der Waals surface area (Å²) in [6, 6.07) is 9.72. The lowest BCUT2D eigenvalue weighted by Gasteiger charge is -2.13. The van der Waals surface area contributed by atoms with Gasteiger partial charge in [0.1, 0.15) is 0 Å². The van der Waals surface area contributed by atoms with Gasteiger partial charge in [-0.3, -0.25) is 4.99 Å². The molecule has 0 saturated carbocycles. The zero-order chi connectivity index (χ0) is 14.1. The second-order valence-corrected chi connectivity index (χ2v) is 4.85. The fourth-order valence-electron chi connectivity index (χ4n) is 1.64. The Morgan fingerprint density at radius 2 is 2.10 bits per heavy atom. The average molecular weight is 386 g/mol. The topological polar surface area (TPSA) is 60.2 Å². The Kier molecular flexibility index (Phi) is 9.82. The Morgan fingerprint density at radius 1 is 1.35 bits per heavy atom. The van der Waals surface area contributed by atoms with Gasteiger partial charge in [-0.15, -0.1) is 24.0 Å². The molecule has 2 N–H and O–H groups in total. The Balaban J connectivity index is 0.00000361. The van der Waals surface area contributed by atoms with Gasteiger partial charge < -0.3 is 10.6 Å². The number of hydrogen-bond acceptors (Lipinski definition) is 2. The van der Waals surface area contributed by atoms with E-state index in [4.69, 9.17) is 5.26 Å². The van der Waals surface area contributed by atoms with Crippen molar-refractivity contribution in [2.75, 3.05) is 13.6 Å². The van der Waals surface area contributed by atoms with Crippen LogP contribution in [0.2, 0.25) is 0 Å². The van der Waals surface area contributed by atoms with E-state index in [9.17, 15) is 0 Å². The summed E-state index contributed by atoms with van der Waals surface area (Å²) in [5.74, 6) is 1.47. The minimum Gasteiger partial charge on any atom is -0.356 e. The van der Waals surface area contributed by atoms with Crippen molar-refractivity contribution >= 4 is 29.9 Å². The Labute approximate surface area is 138 Å². The third kappa shape index (κ3) is 7.34. The van der Waals surface area contributed by atoms with Crippen LogP contribution >= 0.6 is 24.0 Å². The summed E-state index contributed by atoms with van der Waals surface area (Å²) in [5.41, 5.74) is 1.76. The minimum absolute atomic E-state index is 0. The number of benzene rings is 1. The maximum Gasteiger partial charge on any atom is 0.191 e. The molecule has 110 valence electrons. The maximum absolute atomic E-state index is 8.85. The smallest absolute Gasteiger partial charge is 0.191 e. The number of nitriles is 1. The standard InChI is InChI=1S/C15H22N4.HI/c1-12(2)7-8-18-15(17-3)19-11-14-6-4-5-13(9-14)10-16;/h4-6,9,12H,7-8,11H2,1-3H3,(H2,17,18,19);1H. The molecule has 20 heavy (non-hydrogen) atoms. The van der Waals surface area contributed by atoms with Gasteiger partial charge in [-0.25, -0.2) is 0 Å². The van der Waals surface area contributed by atoms with Gasteiger partial charge in [-0.1, -0.05) is 26.0 Å². The van der Waals surface area contributed by atoms with Gasteiger partial charge in [0.05, 0.1) is 11.6 Å². The van der Waals surface area contributed by atoms with Gasteiger partial charge in [0.2, 0.25) is 0 Å². The van der Waals surface area contributed by atoms with Crippen molar-refractivity contribution < 1.29 is 0 Å². The molecule has 0 amide bonds. The van der Waals surface area contributed by atoms with Crippen LogP contribution in [-0.2, 0) is 6.54 Å². The molecule has 1 rings (SSSR count). The molecule has 0 atom stereocenters. The van der Waals surface area contributed by atoms with Crippen molar-refractivity contribution in [2.45, 2.75) is 26.8 Å². The Morgan fingerprint density at radius 3 is 2.70 bits per heavy atom. The van der Waals surface area contributed by atoms with E-state index in [1.165, 1.54) is 0 Å². The predicted octanol–water partition coefficient (Wildman–Crippen LogP) is 2.89. The van der Waals surface area contributed by atoms with Crippen molar-refractivity contribution in [3.63, 3.8) is 0 Å². The molecule has 0 aliphatic rings. The summed E-state index contributed by atoms with van der Waals surface area (Å²) in [6.45, 7) is 5.98. The van der Waals surface area contributed by atoms with Gasteiger partial charge in [-0.05, 0) is 30.0 Å². The summed E-state index contributed by atoms with van der Waals surface area (Å²) in [4.78, 5) is 4.17. The highest BCUT2D eigenvalue weighted by molar-refractivity contribution is 14.0. The third-order valence-electron chi connectivity index (χ3n) is 2.75. The van der Waals surface area contributed by atoms with E-state index in [0.29, 0.717) is 18.0 Å². The van der Waals surface area contributed by atoms with Crippen LogP contribution in [0.1, 0.15) is 31.4 Å². The van der Waals surface area contributed by atoms with Gasteiger partial charge in [-0.2, -0.15) is 5.26 Å². The highest BCUT2D eigenvalue weighted by Gasteiger charge is 2.00. The molecule has 0 unspecified atom stereocenters. The van der Waals surface area contributed by atoms with Crippen LogP contribution in [-0.4, -0.2) is 19.6 Å². The molecule has 0 aliphatic heterocycles. The predicted molar refractivity (Wildman–Crippen MR) is 94.2 cm³/mol. The first-order valence-corrected chi connectivity index (χ1v) is 6.59. The number of halogens is 1. The number of hydrogen-bond donors (Lipinski definition) is 2. The van der Waals surface area contributed by atoms with Crippen LogP contribution in [0.3, 0.4) is 0 Å². The van der Waals surface area contributed by atoms with Gasteiger partial charge in [0.25, 0.3) is 0 Å². The van der Waals surface area contributed by atoms with E-state index < -0.39 is 0 Å². The van der Waals surface area contributed by atoms with Crippen LogP contribution in [0.4, 0.5) is 0 Å². The van der Waals surface area contributed by atoms with E-state index in [0.717, 1.165) is 24.5 Å². The maximum atomic E-state index is 8.85. The highest BCUT2D eigenvalue weighted by Crippen LogP contribution is 2.03. The third-order valence-corrected chi connectivity index (χ3v) is 2.75. The van der Waals surface area contributed by atoms with E-state index in [1.807, 2.05) is 18.2 Å². The van der Waals surface area contributed by atoms with Crippen molar-refractivity contribution in [3.05, 3.63) is 35.4 Å². The SMILES string of the molecule is CN=C(NCCC(C)C)NCc1cccc(C#N)c1.I. The zero-order valence-electron chi connectivity index (χ0n) is 12.3. The highest BCUT2D eigenvalue weighted by atomic mass is 127. The van der Waals surface area contributed by atoms with Crippen LogP contribution in [0.15, 0.2) is 29.3 Å². The molecular weight excluding hydrogens is 363 g/mol. The van der Waals surface area contributed by atoms with E-state index >= 15 is 0 Å². The van der Waals surface area contributed by atoms with Crippen LogP contribution in [0.25, 0.3) is 0 Å². The summed E-state index contributed by atoms with van der Waals surface area (Å²) in [5, 5.41) is 15.4. The Hall–Kier alpha value is -1.29. The fourth-order valence-corrected chi connectivity index (χ4v) is 1.64. The van der Waals surface area contributed by atoms with E-state index in [-0.39, 0.29) is 24.0 Å². The molecule has 0 spiro atoms. The number of nitrogens with one attached hydrogen (secondary N) is 2. The van der Waals surface area contributed by atoms with E-state index in [2.05, 4.69) is 35.5 Å². The molecule has 0 bridgehead atoms. The first-order chi connectivity index (χ1) is 9.15. The first-order valence-electron chi connectivity index (χ1n) is 6.59. The Bertz CT molecular complexity index is 463. The summed E-state index contributed by atoms with van der Waals surface area (Å²) in [7, 11) is 1.76. The van der Waals surface area contributed by atoms with Crippen LogP contribution in [0, 0.1) is 17.2 Å². The molecule has 5 heteroatoms. The van der Waals surface area contributed by atoms with Gasteiger partial charge in [0, 0.05) is 20.1 Å². The van der Waals surface area contributed by atoms with Crippen molar-refractivity contribution in [1.82, 2.24) is 10.6 Å². The van der Waals surface area contributed by atoms with E-state index in [1.54, 1.807) is 13.1 Å². The summed E-state index contributed by atoms with van der Waals surface area (Å²) in [6.07, 6.45) is 1.12. The lowest BCUT2D eigenvalue weighted by molar-refractivity contribution is 0.573. The number of aliphatic imine (C=N–C) groups is 1. The molecule has 1 aromatic carbocycles. The molecule has 0 radical (unpaired) electrons. The lowest BCUT2D eigenvalue weighted by Crippen LogP contribution is -2.37. The molecule has 4 nitrogen and oxygen atoms in total. The monoisotopic (exact) mass is 386 g/mol. The zero-order valence-corrected chi connectivity index (χ0v) is 14.6. The normalized spacial score (nSPS) is 10.7. The second-order valence-electron chi connectivity index (χ2n) is 4.85. The molecule has 0 heterocycles. The van der Waals surface area contributed by atoms with Crippen LogP contribution < -0.4 is 10.6 Å². The van der Waals surface area contributed by atoms with Crippen molar-refractivity contribution in [3.8, 4) is 6.07 Å². The van der Waals surface area contributed by atoms with Crippen LogP contribution in [0.5, 0.6) is 0 Å². The first kappa shape index (κ1) is 18.7. The molecule has 0 aromatic heterocycles. The lowest BCUT2D eigenvalue weighted by atomic mass is 10.1. The molecule has 0 fully saturated rings. The largest absolute Gasteiger partial charge is 0.356 e. The quantitative estimate of drug-likeness (QED) is 0.465. The summed E-state index contributed by atoms with van der Waals surface area (Å²) < 4.78 is 0. The van der Waals surface area contributed by atoms with Gasteiger partial charge in [0.15, 0.2) is 5.96 Å². The average Bonchev–Trinajstić information content (AvgIpc) is 2.42. The minimum atomic E-state index is 0. The van der Waals surface area contributed by atoms with Gasteiger partial charge >= 0.3 is 0 Å². The number of guanidine groups is 1. The summed E-state index contributed by atoms with van der Waals surface area (Å²) >= 11 is 0. The van der Waals surface area contributed by atoms with Crippen molar-refractivity contribution in [1.29, 1.82) is 5.26 Å². The van der Waals surface area contributed by atoms with Crippen molar-refractivity contribution in [2.24, 2.45) is 10.9 Å². The fraction of sp³-hybridized carbons (Fsp3) is 0.467.